The lowest BCUT2D eigenvalue weighted by atomic mass is 10.2. The minimum absolute atomic E-state index is 0.0880. The topological polar surface area (TPSA) is 32.3 Å². The van der Waals surface area contributed by atoms with E-state index in [0.717, 1.165) is 18.4 Å². The Morgan fingerprint density at radius 3 is 2.81 bits per heavy atom. The van der Waals surface area contributed by atoms with Crippen LogP contribution in [-0.2, 0) is 0 Å². The Kier molecular flexibility index (Phi) is 3.06. The molecule has 0 bridgehead atoms. The molecular weight excluding hydrogens is 224 g/mol. The summed E-state index contributed by atoms with van der Waals surface area (Å²) in [6, 6.07) is 5.93. The molecule has 1 fully saturated rings. The van der Waals surface area contributed by atoms with Gasteiger partial charge >= 0.3 is 6.03 Å². The highest BCUT2D eigenvalue weighted by atomic mass is 35.5. The number of halogens is 1. The van der Waals surface area contributed by atoms with Crippen LogP contribution in [0.4, 0.5) is 10.5 Å². The van der Waals surface area contributed by atoms with E-state index in [1.165, 1.54) is 0 Å². The van der Waals surface area contributed by atoms with Gasteiger partial charge in [-0.15, -0.1) is 0 Å². The molecule has 86 valence electrons. The molecule has 3 nitrogen and oxygen atoms in total. The van der Waals surface area contributed by atoms with Crippen LogP contribution in [0.25, 0.3) is 0 Å². The Labute approximate surface area is 100 Å². The first-order chi connectivity index (χ1) is 7.59. The molecule has 1 aliphatic rings. The number of hydrogen-bond acceptors (Lipinski definition) is 1. The molecule has 1 N–H and O–H groups in total. The Balaban J connectivity index is 2.08. The van der Waals surface area contributed by atoms with Gasteiger partial charge in [0.05, 0.1) is 10.7 Å². The number of benzene rings is 1. The molecule has 0 aliphatic heterocycles. The van der Waals surface area contributed by atoms with E-state index in [1.807, 2.05) is 32.2 Å². The van der Waals surface area contributed by atoms with Gasteiger partial charge in [-0.2, -0.15) is 0 Å². The van der Waals surface area contributed by atoms with Crippen LogP contribution >= 0.6 is 11.6 Å². The van der Waals surface area contributed by atoms with Gasteiger partial charge in [-0.05, 0) is 31.4 Å². The third kappa shape index (κ3) is 2.30. The van der Waals surface area contributed by atoms with E-state index in [4.69, 9.17) is 11.6 Å². The van der Waals surface area contributed by atoms with Crippen molar-refractivity contribution in [2.45, 2.75) is 25.8 Å². The third-order valence-electron chi connectivity index (χ3n) is 2.85. The first kappa shape index (κ1) is 11.3. The fraction of sp³-hybridized carbons (Fsp3) is 0.417. The van der Waals surface area contributed by atoms with Gasteiger partial charge < -0.3 is 10.2 Å². The van der Waals surface area contributed by atoms with Crippen LogP contribution < -0.4 is 5.32 Å². The highest BCUT2D eigenvalue weighted by Gasteiger charge is 2.29. The van der Waals surface area contributed by atoms with Crippen molar-refractivity contribution in [3.63, 3.8) is 0 Å². The van der Waals surface area contributed by atoms with Crippen molar-refractivity contribution in [3.8, 4) is 0 Å². The molecule has 0 spiro atoms. The average molecular weight is 239 g/mol. The Bertz CT molecular complexity index is 415. The first-order valence-electron chi connectivity index (χ1n) is 5.38. The second-order valence-corrected chi connectivity index (χ2v) is 4.59. The van der Waals surface area contributed by atoms with Crippen molar-refractivity contribution in [2.24, 2.45) is 0 Å². The van der Waals surface area contributed by atoms with E-state index in [2.05, 4.69) is 5.32 Å². The standard InChI is InChI=1S/C12H15ClN2O/c1-8-4-3-5-10(11(8)13)14-12(16)15(2)9-6-7-9/h3-5,9H,6-7H2,1-2H3,(H,14,16). The molecule has 16 heavy (non-hydrogen) atoms. The Morgan fingerprint density at radius 2 is 2.19 bits per heavy atom. The van der Waals surface area contributed by atoms with E-state index in [-0.39, 0.29) is 6.03 Å². The lowest BCUT2D eigenvalue weighted by Gasteiger charge is -2.18. The predicted octanol–water partition coefficient (Wildman–Crippen LogP) is 3.27. The van der Waals surface area contributed by atoms with E-state index in [0.29, 0.717) is 16.8 Å². The SMILES string of the molecule is Cc1cccc(NC(=O)N(C)C2CC2)c1Cl. The fourth-order valence-electron chi connectivity index (χ4n) is 1.57. The van der Waals surface area contributed by atoms with Crippen molar-refractivity contribution < 1.29 is 4.79 Å². The van der Waals surface area contributed by atoms with E-state index < -0.39 is 0 Å². The summed E-state index contributed by atoms with van der Waals surface area (Å²) < 4.78 is 0. The maximum Gasteiger partial charge on any atom is 0.321 e. The van der Waals surface area contributed by atoms with Crippen molar-refractivity contribution in [1.29, 1.82) is 0 Å². The van der Waals surface area contributed by atoms with E-state index >= 15 is 0 Å². The van der Waals surface area contributed by atoms with E-state index in [9.17, 15) is 4.79 Å². The number of urea groups is 1. The summed E-state index contributed by atoms with van der Waals surface area (Å²) in [5.74, 6) is 0. The number of anilines is 1. The highest BCUT2D eigenvalue weighted by molar-refractivity contribution is 6.34. The second-order valence-electron chi connectivity index (χ2n) is 4.21. The zero-order valence-corrected chi connectivity index (χ0v) is 10.2. The summed E-state index contributed by atoms with van der Waals surface area (Å²) in [6.45, 7) is 1.92. The molecular formula is C12H15ClN2O. The molecule has 1 saturated carbocycles. The van der Waals surface area contributed by atoms with Crippen molar-refractivity contribution in [3.05, 3.63) is 28.8 Å². The number of carbonyl (C=O) groups excluding carboxylic acids is 1. The maximum atomic E-state index is 11.8. The van der Waals surface area contributed by atoms with Crippen LogP contribution in [0.15, 0.2) is 18.2 Å². The number of hydrogen-bond donors (Lipinski definition) is 1. The monoisotopic (exact) mass is 238 g/mol. The number of nitrogens with one attached hydrogen (secondary N) is 1. The van der Waals surface area contributed by atoms with Gasteiger partial charge in [0.2, 0.25) is 0 Å². The normalized spacial score (nSPS) is 14.7. The van der Waals surface area contributed by atoms with Crippen LogP contribution in [-0.4, -0.2) is 24.0 Å². The van der Waals surface area contributed by atoms with Gasteiger partial charge in [0, 0.05) is 13.1 Å². The van der Waals surface area contributed by atoms with Gasteiger partial charge in [0.1, 0.15) is 0 Å². The second kappa shape index (κ2) is 4.34. The summed E-state index contributed by atoms with van der Waals surface area (Å²) in [5, 5.41) is 3.44. The molecule has 2 rings (SSSR count). The number of amides is 2. The molecule has 0 atom stereocenters. The lowest BCUT2D eigenvalue weighted by molar-refractivity contribution is 0.220. The van der Waals surface area contributed by atoms with Gasteiger partial charge in [0.15, 0.2) is 0 Å². The molecule has 0 unspecified atom stereocenters. The van der Waals surface area contributed by atoms with Crippen LogP contribution in [0.2, 0.25) is 5.02 Å². The highest BCUT2D eigenvalue weighted by Crippen LogP contribution is 2.28. The summed E-state index contributed by atoms with van der Waals surface area (Å²) >= 11 is 6.10. The van der Waals surface area contributed by atoms with Gasteiger partial charge in [-0.1, -0.05) is 23.7 Å². The van der Waals surface area contributed by atoms with Crippen molar-refractivity contribution in [2.75, 3.05) is 12.4 Å². The van der Waals surface area contributed by atoms with Crippen molar-refractivity contribution in [1.82, 2.24) is 4.90 Å². The van der Waals surface area contributed by atoms with Gasteiger partial charge in [-0.25, -0.2) is 4.79 Å². The lowest BCUT2D eigenvalue weighted by Crippen LogP contribution is -2.33. The number of rotatable bonds is 2. The summed E-state index contributed by atoms with van der Waals surface area (Å²) in [7, 11) is 1.82. The van der Waals surface area contributed by atoms with Crippen LogP contribution in [0.5, 0.6) is 0 Å². The molecule has 4 heteroatoms. The molecule has 0 heterocycles. The molecule has 1 aromatic rings. The number of aryl methyl sites for hydroxylation is 1. The van der Waals surface area contributed by atoms with Gasteiger partial charge in [0.25, 0.3) is 0 Å². The number of nitrogens with zero attached hydrogens (tertiary/aromatic N) is 1. The average Bonchev–Trinajstić information content (AvgIpc) is 3.07. The smallest absolute Gasteiger partial charge is 0.321 e. The van der Waals surface area contributed by atoms with Crippen molar-refractivity contribution >= 4 is 23.3 Å². The number of carbonyl (C=O) groups is 1. The third-order valence-corrected chi connectivity index (χ3v) is 3.35. The largest absolute Gasteiger partial charge is 0.325 e. The molecule has 1 aliphatic carbocycles. The quantitative estimate of drug-likeness (QED) is 0.843. The first-order valence-corrected chi connectivity index (χ1v) is 5.76. The predicted molar refractivity (Wildman–Crippen MR) is 66.0 cm³/mol. The van der Waals surface area contributed by atoms with Gasteiger partial charge in [-0.3, -0.25) is 0 Å². The molecule has 2 amide bonds. The Morgan fingerprint density at radius 1 is 1.50 bits per heavy atom. The minimum atomic E-state index is -0.0880. The maximum absolute atomic E-state index is 11.8. The molecule has 0 radical (unpaired) electrons. The van der Waals surface area contributed by atoms with E-state index in [1.54, 1.807) is 4.90 Å². The zero-order chi connectivity index (χ0) is 11.7. The van der Waals surface area contributed by atoms with Crippen LogP contribution in [0.1, 0.15) is 18.4 Å². The molecule has 0 saturated heterocycles. The van der Waals surface area contributed by atoms with Crippen LogP contribution in [0, 0.1) is 6.92 Å². The summed E-state index contributed by atoms with van der Waals surface area (Å²) in [4.78, 5) is 13.5. The molecule has 0 aromatic heterocycles. The van der Waals surface area contributed by atoms with Crippen LogP contribution in [0.3, 0.4) is 0 Å². The molecule has 1 aromatic carbocycles. The zero-order valence-electron chi connectivity index (χ0n) is 9.46. The summed E-state index contributed by atoms with van der Waals surface area (Å²) in [6.07, 6.45) is 2.21. The summed E-state index contributed by atoms with van der Waals surface area (Å²) in [5.41, 5.74) is 1.65. The minimum Gasteiger partial charge on any atom is -0.325 e. The fourth-order valence-corrected chi connectivity index (χ4v) is 1.75. The Hall–Kier alpha value is -1.22.